The van der Waals surface area contributed by atoms with Crippen molar-refractivity contribution in [2.24, 2.45) is 0 Å². The van der Waals surface area contributed by atoms with Crippen LogP contribution in [0.1, 0.15) is 40.7 Å². The minimum absolute atomic E-state index is 0.145. The molecule has 5 heteroatoms. The van der Waals surface area contributed by atoms with Crippen LogP contribution in [0.5, 0.6) is 5.75 Å². The molecule has 2 N–H and O–H groups in total. The van der Waals surface area contributed by atoms with Gasteiger partial charge in [-0.15, -0.1) is 0 Å². The normalized spacial score (nSPS) is 13.3. The Bertz CT molecular complexity index is 785. The Balaban J connectivity index is 1.52. The summed E-state index contributed by atoms with van der Waals surface area (Å²) < 4.78 is 5.76. The van der Waals surface area contributed by atoms with E-state index in [1.807, 2.05) is 37.3 Å². The zero-order chi connectivity index (χ0) is 17.6. The summed E-state index contributed by atoms with van der Waals surface area (Å²) in [6.45, 7) is 2.38. The Labute approximate surface area is 152 Å². The third-order valence-corrected chi connectivity index (χ3v) is 4.55. The van der Waals surface area contributed by atoms with Crippen molar-refractivity contribution in [2.75, 3.05) is 0 Å². The molecule has 0 aromatic heterocycles. The van der Waals surface area contributed by atoms with Crippen molar-refractivity contribution >= 4 is 17.5 Å². The Morgan fingerprint density at radius 3 is 2.68 bits per heavy atom. The zero-order valence-electron chi connectivity index (χ0n) is 14.1. The number of benzene rings is 2. The van der Waals surface area contributed by atoms with E-state index in [0.717, 1.165) is 46.9 Å². The standard InChI is InChI=1S/C20H21ClN2O2/c1-14-12-18(10-11-19(14)21)25-13-15-6-8-16(9-7-15)20(24)23-22-17-4-2-3-5-17/h4,6-12,22H,2-3,5,13H2,1H3,(H,23,24). The first-order valence-corrected chi connectivity index (χ1v) is 8.73. The first-order valence-electron chi connectivity index (χ1n) is 8.35. The van der Waals surface area contributed by atoms with Gasteiger partial charge in [0.05, 0.1) is 0 Å². The summed E-state index contributed by atoms with van der Waals surface area (Å²) in [5.74, 6) is 0.631. The smallest absolute Gasteiger partial charge is 0.269 e. The van der Waals surface area contributed by atoms with E-state index < -0.39 is 0 Å². The number of amides is 1. The summed E-state index contributed by atoms with van der Waals surface area (Å²) in [5.41, 5.74) is 9.37. The first-order chi connectivity index (χ1) is 12.1. The van der Waals surface area contributed by atoms with Gasteiger partial charge in [0.25, 0.3) is 5.91 Å². The fourth-order valence-electron chi connectivity index (χ4n) is 2.62. The Kier molecular flexibility index (Phi) is 5.61. The third kappa shape index (κ3) is 4.77. The molecule has 0 bridgehead atoms. The van der Waals surface area contributed by atoms with E-state index in [0.29, 0.717) is 12.2 Å². The fraction of sp³-hybridized carbons (Fsp3) is 0.250. The number of aryl methyl sites for hydroxylation is 1. The highest BCUT2D eigenvalue weighted by Gasteiger charge is 2.08. The average Bonchev–Trinajstić information content (AvgIpc) is 3.15. The largest absolute Gasteiger partial charge is 0.489 e. The Hall–Kier alpha value is -2.46. The van der Waals surface area contributed by atoms with Crippen LogP contribution in [0.25, 0.3) is 0 Å². The van der Waals surface area contributed by atoms with Crippen LogP contribution in [-0.4, -0.2) is 5.91 Å². The molecular weight excluding hydrogens is 336 g/mol. The summed E-state index contributed by atoms with van der Waals surface area (Å²) in [6.07, 6.45) is 5.31. The van der Waals surface area contributed by atoms with Crippen molar-refractivity contribution < 1.29 is 9.53 Å². The maximum absolute atomic E-state index is 12.1. The molecule has 0 saturated carbocycles. The molecule has 0 heterocycles. The second-order valence-electron chi connectivity index (χ2n) is 6.10. The van der Waals surface area contributed by atoms with Crippen molar-refractivity contribution in [3.63, 3.8) is 0 Å². The quantitative estimate of drug-likeness (QED) is 0.747. The number of carbonyl (C=O) groups excluding carboxylic acids is 1. The third-order valence-electron chi connectivity index (χ3n) is 4.13. The molecule has 1 amide bonds. The van der Waals surface area contributed by atoms with Gasteiger partial charge >= 0.3 is 0 Å². The SMILES string of the molecule is Cc1cc(OCc2ccc(C(=O)NNC3=CCCC3)cc2)ccc1Cl. The molecule has 1 aliphatic carbocycles. The van der Waals surface area contributed by atoms with Crippen LogP contribution in [0.3, 0.4) is 0 Å². The number of rotatable bonds is 6. The minimum atomic E-state index is -0.145. The number of hydrazine groups is 1. The number of ether oxygens (including phenoxy) is 1. The molecule has 1 aliphatic rings. The molecule has 2 aromatic carbocycles. The molecule has 0 atom stereocenters. The van der Waals surface area contributed by atoms with Crippen LogP contribution in [-0.2, 0) is 6.61 Å². The lowest BCUT2D eigenvalue weighted by Crippen LogP contribution is -2.36. The van der Waals surface area contributed by atoms with E-state index in [2.05, 4.69) is 16.9 Å². The molecular formula is C20H21ClN2O2. The Morgan fingerprint density at radius 2 is 2.00 bits per heavy atom. The lowest BCUT2D eigenvalue weighted by Gasteiger charge is -2.10. The predicted octanol–water partition coefficient (Wildman–Crippen LogP) is 4.53. The number of hydrogen-bond donors (Lipinski definition) is 2. The van der Waals surface area contributed by atoms with Gasteiger partial charge in [0, 0.05) is 16.3 Å². The molecule has 0 radical (unpaired) electrons. The van der Waals surface area contributed by atoms with Crippen molar-refractivity contribution in [3.8, 4) is 5.75 Å². The van der Waals surface area contributed by atoms with Gasteiger partial charge in [0.1, 0.15) is 12.4 Å². The number of halogens is 1. The molecule has 3 rings (SSSR count). The van der Waals surface area contributed by atoms with Crippen LogP contribution in [0, 0.1) is 6.92 Å². The van der Waals surface area contributed by atoms with Crippen LogP contribution in [0.2, 0.25) is 5.02 Å². The molecule has 130 valence electrons. The van der Waals surface area contributed by atoms with E-state index in [1.54, 1.807) is 12.1 Å². The van der Waals surface area contributed by atoms with Gasteiger partial charge in [-0.3, -0.25) is 10.2 Å². The monoisotopic (exact) mass is 356 g/mol. The molecule has 0 aliphatic heterocycles. The van der Waals surface area contributed by atoms with Crippen molar-refractivity contribution in [3.05, 3.63) is 76.0 Å². The van der Waals surface area contributed by atoms with Gasteiger partial charge in [-0.05, 0) is 67.6 Å². The van der Waals surface area contributed by atoms with Crippen LogP contribution in [0.4, 0.5) is 0 Å². The number of allylic oxidation sites excluding steroid dienone is 2. The number of hydrogen-bond acceptors (Lipinski definition) is 3. The summed E-state index contributed by atoms with van der Waals surface area (Å²) in [6, 6.07) is 13.0. The molecule has 0 saturated heterocycles. The van der Waals surface area contributed by atoms with Crippen molar-refractivity contribution in [1.82, 2.24) is 10.9 Å². The molecule has 25 heavy (non-hydrogen) atoms. The second-order valence-corrected chi connectivity index (χ2v) is 6.50. The molecule has 0 spiro atoms. The van der Waals surface area contributed by atoms with Crippen LogP contribution >= 0.6 is 11.6 Å². The van der Waals surface area contributed by atoms with Crippen LogP contribution < -0.4 is 15.6 Å². The fourth-order valence-corrected chi connectivity index (χ4v) is 2.74. The van der Waals surface area contributed by atoms with E-state index in [4.69, 9.17) is 16.3 Å². The highest BCUT2D eigenvalue weighted by atomic mass is 35.5. The lowest BCUT2D eigenvalue weighted by atomic mass is 10.1. The van der Waals surface area contributed by atoms with Gasteiger partial charge < -0.3 is 10.2 Å². The molecule has 2 aromatic rings. The second kappa shape index (κ2) is 8.08. The minimum Gasteiger partial charge on any atom is -0.489 e. The van der Waals surface area contributed by atoms with Gasteiger partial charge in [-0.25, -0.2) is 0 Å². The highest BCUT2D eigenvalue weighted by Crippen LogP contribution is 2.22. The number of nitrogens with one attached hydrogen (secondary N) is 2. The van der Waals surface area contributed by atoms with Crippen molar-refractivity contribution in [2.45, 2.75) is 32.8 Å². The van der Waals surface area contributed by atoms with E-state index >= 15 is 0 Å². The van der Waals surface area contributed by atoms with Crippen molar-refractivity contribution in [1.29, 1.82) is 0 Å². The topological polar surface area (TPSA) is 50.4 Å². The Morgan fingerprint density at radius 1 is 1.20 bits per heavy atom. The highest BCUT2D eigenvalue weighted by molar-refractivity contribution is 6.31. The lowest BCUT2D eigenvalue weighted by molar-refractivity contribution is 0.0938. The van der Waals surface area contributed by atoms with Gasteiger partial charge in [0.15, 0.2) is 0 Å². The summed E-state index contributed by atoms with van der Waals surface area (Å²) >= 11 is 6.01. The van der Waals surface area contributed by atoms with Gasteiger partial charge in [0.2, 0.25) is 0 Å². The predicted molar refractivity (Wildman–Crippen MR) is 99.5 cm³/mol. The maximum atomic E-state index is 12.1. The van der Waals surface area contributed by atoms with E-state index in [-0.39, 0.29) is 5.91 Å². The van der Waals surface area contributed by atoms with E-state index in [9.17, 15) is 4.79 Å². The average molecular weight is 357 g/mol. The molecule has 4 nitrogen and oxygen atoms in total. The maximum Gasteiger partial charge on any atom is 0.269 e. The number of carbonyl (C=O) groups is 1. The van der Waals surface area contributed by atoms with E-state index in [1.165, 1.54) is 0 Å². The van der Waals surface area contributed by atoms with Crippen LogP contribution in [0.15, 0.2) is 54.2 Å². The summed E-state index contributed by atoms with van der Waals surface area (Å²) in [7, 11) is 0. The summed E-state index contributed by atoms with van der Waals surface area (Å²) in [5, 5.41) is 0.727. The zero-order valence-corrected chi connectivity index (χ0v) is 14.9. The molecule has 0 fully saturated rings. The first kappa shape index (κ1) is 17.4. The molecule has 0 unspecified atom stereocenters. The summed E-state index contributed by atoms with van der Waals surface area (Å²) in [4.78, 5) is 12.1. The van der Waals surface area contributed by atoms with Gasteiger partial charge in [-0.1, -0.05) is 29.8 Å². The van der Waals surface area contributed by atoms with Gasteiger partial charge in [-0.2, -0.15) is 0 Å².